The fourth-order valence-corrected chi connectivity index (χ4v) is 5.18. The van der Waals surface area contributed by atoms with E-state index in [-0.39, 0.29) is 30.5 Å². The van der Waals surface area contributed by atoms with Gasteiger partial charge in [0.1, 0.15) is 17.4 Å². The SMILES string of the molecule is O=c1c2c(Cl)ccn2nc([C@H]2N(c3ncnc4nc[nH]c34)CC23CC3)n1-c1ccccc1.S. The molecule has 0 amide bonds. The van der Waals surface area contributed by atoms with Crippen LogP contribution in [0.15, 0.2) is 60.0 Å². The van der Waals surface area contributed by atoms with E-state index in [1.807, 2.05) is 30.3 Å². The van der Waals surface area contributed by atoms with Crippen molar-refractivity contribution in [3.63, 3.8) is 0 Å². The van der Waals surface area contributed by atoms with Crippen molar-refractivity contribution >= 4 is 47.6 Å². The molecule has 5 heterocycles. The summed E-state index contributed by atoms with van der Waals surface area (Å²) in [5, 5.41) is 5.31. The third-order valence-corrected chi connectivity index (χ3v) is 6.97. The first kappa shape index (κ1) is 20.3. The summed E-state index contributed by atoms with van der Waals surface area (Å²) in [5.41, 5.74) is 2.42. The highest BCUT2D eigenvalue weighted by Gasteiger charge is 2.63. The monoisotopic (exact) mass is 478 g/mol. The van der Waals surface area contributed by atoms with E-state index >= 15 is 0 Å². The molecule has 9 nitrogen and oxygen atoms in total. The number of hydrogen-bond donors (Lipinski definition) is 1. The van der Waals surface area contributed by atoms with Crippen molar-refractivity contribution < 1.29 is 0 Å². The molecule has 1 N–H and O–H groups in total. The molecule has 7 rings (SSSR count). The van der Waals surface area contributed by atoms with E-state index in [0.717, 1.165) is 36.4 Å². The molecular weight excluding hydrogens is 460 g/mol. The van der Waals surface area contributed by atoms with Crippen LogP contribution in [0.2, 0.25) is 5.02 Å². The standard InChI is InChI=1S/C22H17ClN8O.H2S/c23-14-6-9-30-16(14)21(32)31(13-4-2-1-3-5-13)20(28-30)17-22(7-8-22)10-29(17)19-15-18(25-11-24-15)26-12-27-19;/h1-6,9,11-12,17H,7-8,10H2,(H,24,25,26,27);1H2/t17-;/m1./s1. The Morgan fingerprint density at radius 2 is 1.91 bits per heavy atom. The lowest BCUT2D eigenvalue weighted by Crippen LogP contribution is -2.54. The quantitative estimate of drug-likeness (QED) is 0.427. The lowest BCUT2D eigenvalue weighted by Gasteiger charge is -2.49. The van der Waals surface area contributed by atoms with Gasteiger partial charge >= 0.3 is 0 Å². The minimum absolute atomic E-state index is 0. The van der Waals surface area contributed by atoms with E-state index in [1.165, 1.54) is 6.33 Å². The number of halogens is 1. The normalized spacial score (nSPS) is 18.5. The molecule has 1 atom stereocenters. The van der Waals surface area contributed by atoms with Gasteiger partial charge < -0.3 is 9.88 Å². The van der Waals surface area contributed by atoms with E-state index in [9.17, 15) is 4.79 Å². The molecule has 33 heavy (non-hydrogen) atoms. The van der Waals surface area contributed by atoms with Gasteiger partial charge in [-0.05, 0) is 31.0 Å². The maximum absolute atomic E-state index is 13.7. The number of benzene rings is 1. The van der Waals surface area contributed by atoms with Gasteiger partial charge in [0.05, 0.1) is 23.1 Å². The number of hydrogen-bond acceptors (Lipinski definition) is 6. The average Bonchev–Trinajstić information content (AvgIpc) is 3.31. The Balaban J connectivity index is 0.00000206. The third kappa shape index (κ3) is 2.77. The van der Waals surface area contributed by atoms with Crippen LogP contribution in [-0.4, -0.2) is 40.7 Å². The van der Waals surface area contributed by atoms with Crippen LogP contribution in [-0.2, 0) is 0 Å². The van der Waals surface area contributed by atoms with Gasteiger partial charge in [-0.25, -0.2) is 19.5 Å². The smallest absolute Gasteiger partial charge is 0.284 e. The predicted molar refractivity (Wildman–Crippen MR) is 130 cm³/mol. The minimum Gasteiger partial charge on any atom is -0.343 e. The van der Waals surface area contributed by atoms with E-state index in [0.29, 0.717) is 22.0 Å². The summed E-state index contributed by atoms with van der Waals surface area (Å²) in [6, 6.07) is 11.2. The molecule has 0 radical (unpaired) electrons. The number of nitrogens with one attached hydrogen (secondary N) is 1. The van der Waals surface area contributed by atoms with Crippen LogP contribution in [0.5, 0.6) is 0 Å². The first-order chi connectivity index (χ1) is 15.7. The number of fused-ring (bicyclic) bond motifs is 2. The van der Waals surface area contributed by atoms with Crippen molar-refractivity contribution in [1.82, 2.24) is 34.1 Å². The van der Waals surface area contributed by atoms with Gasteiger partial charge in [-0.15, -0.1) is 0 Å². The van der Waals surface area contributed by atoms with Crippen LogP contribution in [0.3, 0.4) is 0 Å². The van der Waals surface area contributed by atoms with Gasteiger partial charge in [-0.3, -0.25) is 9.36 Å². The molecule has 1 aliphatic heterocycles. The first-order valence-corrected chi connectivity index (χ1v) is 10.8. The summed E-state index contributed by atoms with van der Waals surface area (Å²) < 4.78 is 3.29. The molecule has 1 saturated carbocycles. The molecule has 1 aromatic carbocycles. The van der Waals surface area contributed by atoms with Crippen LogP contribution in [0.4, 0.5) is 5.82 Å². The molecule has 0 unspecified atom stereocenters. The Labute approximate surface area is 199 Å². The van der Waals surface area contributed by atoms with Crippen molar-refractivity contribution in [1.29, 1.82) is 0 Å². The average molecular weight is 479 g/mol. The Hall–Kier alpha value is -3.37. The summed E-state index contributed by atoms with van der Waals surface area (Å²) >= 11 is 6.35. The molecule has 166 valence electrons. The van der Waals surface area contributed by atoms with Crippen molar-refractivity contribution in [3.05, 3.63) is 76.5 Å². The largest absolute Gasteiger partial charge is 0.343 e. The summed E-state index contributed by atoms with van der Waals surface area (Å²) in [7, 11) is 0. The van der Waals surface area contributed by atoms with Gasteiger partial charge in [0.25, 0.3) is 5.56 Å². The molecule has 1 aliphatic carbocycles. The van der Waals surface area contributed by atoms with Crippen LogP contribution < -0.4 is 10.5 Å². The summed E-state index contributed by atoms with van der Waals surface area (Å²) in [5.74, 6) is 1.45. The number of aromatic amines is 1. The third-order valence-electron chi connectivity index (χ3n) is 6.67. The highest BCUT2D eigenvalue weighted by Crippen LogP contribution is 2.65. The molecule has 4 aromatic heterocycles. The lowest BCUT2D eigenvalue weighted by atomic mass is 9.84. The fourth-order valence-electron chi connectivity index (χ4n) is 4.96. The maximum atomic E-state index is 13.7. The van der Waals surface area contributed by atoms with Crippen LogP contribution >= 0.6 is 25.1 Å². The highest BCUT2D eigenvalue weighted by molar-refractivity contribution is 7.59. The summed E-state index contributed by atoms with van der Waals surface area (Å²) in [6.45, 7) is 0.845. The van der Waals surface area contributed by atoms with Crippen molar-refractivity contribution in [3.8, 4) is 5.69 Å². The van der Waals surface area contributed by atoms with Gasteiger partial charge in [-0.2, -0.15) is 18.6 Å². The van der Waals surface area contributed by atoms with E-state index in [2.05, 4.69) is 24.8 Å². The first-order valence-electron chi connectivity index (χ1n) is 10.4. The second-order valence-electron chi connectivity index (χ2n) is 8.48. The van der Waals surface area contributed by atoms with Gasteiger partial charge in [0.2, 0.25) is 0 Å². The zero-order valence-corrected chi connectivity index (χ0v) is 19.1. The molecule has 0 bridgehead atoms. The predicted octanol–water partition coefficient (Wildman–Crippen LogP) is 3.26. The Morgan fingerprint density at radius 1 is 1.09 bits per heavy atom. The van der Waals surface area contributed by atoms with E-state index < -0.39 is 0 Å². The number of para-hydroxylation sites is 1. The number of anilines is 1. The van der Waals surface area contributed by atoms with Gasteiger partial charge in [-0.1, -0.05) is 29.8 Å². The Morgan fingerprint density at radius 3 is 2.70 bits per heavy atom. The van der Waals surface area contributed by atoms with E-state index in [4.69, 9.17) is 16.7 Å². The number of aromatic nitrogens is 7. The molecule has 5 aromatic rings. The lowest BCUT2D eigenvalue weighted by molar-refractivity contribution is 0.251. The molecule has 1 saturated heterocycles. The van der Waals surface area contributed by atoms with E-state index in [1.54, 1.807) is 27.7 Å². The zero-order valence-electron chi connectivity index (χ0n) is 17.3. The van der Waals surface area contributed by atoms with Crippen LogP contribution in [0.1, 0.15) is 24.7 Å². The van der Waals surface area contributed by atoms with Crippen molar-refractivity contribution in [2.75, 3.05) is 11.4 Å². The van der Waals surface area contributed by atoms with Crippen LogP contribution in [0, 0.1) is 5.41 Å². The second-order valence-corrected chi connectivity index (χ2v) is 8.89. The van der Waals surface area contributed by atoms with Gasteiger partial charge in [0, 0.05) is 18.2 Å². The minimum atomic E-state index is -0.187. The zero-order chi connectivity index (χ0) is 21.4. The Kier molecular flexibility index (Phi) is 4.33. The molecule has 1 spiro atoms. The van der Waals surface area contributed by atoms with Crippen molar-refractivity contribution in [2.24, 2.45) is 5.41 Å². The molecule has 2 fully saturated rings. The number of H-pyrrole nitrogens is 1. The number of imidazole rings is 1. The van der Waals surface area contributed by atoms with Crippen molar-refractivity contribution in [2.45, 2.75) is 18.9 Å². The molecular formula is C22H19ClN8OS. The summed E-state index contributed by atoms with van der Waals surface area (Å²) in [4.78, 5) is 32.1. The fraction of sp³-hybridized carbons (Fsp3) is 0.227. The Bertz CT molecular complexity index is 1570. The number of nitrogens with zero attached hydrogens (tertiary/aromatic N) is 7. The highest BCUT2D eigenvalue weighted by atomic mass is 35.5. The van der Waals surface area contributed by atoms with Gasteiger partial charge in [0.15, 0.2) is 17.3 Å². The molecule has 11 heteroatoms. The summed E-state index contributed by atoms with van der Waals surface area (Å²) in [6.07, 6.45) is 7.05. The van der Waals surface area contributed by atoms with Crippen LogP contribution in [0.25, 0.3) is 22.4 Å². The topological polar surface area (TPSA) is 97.0 Å². The molecule has 2 aliphatic rings. The second kappa shape index (κ2) is 7.06. The maximum Gasteiger partial charge on any atom is 0.284 e. The number of rotatable bonds is 3.